The van der Waals surface area contributed by atoms with Crippen LogP contribution in [-0.2, 0) is 16.1 Å². The van der Waals surface area contributed by atoms with Crippen LogP contribution in [0.4, 0.5) is 0 Å². The standard InChI is InChI=1S/C25H31BrN2O4/c1-18(25(30)27-21-6-4-3-5-7-21)28(16-19-8-12-22(31-2)13-9-19)24(29)17-32-23-14-10-20(26)11-15-23/h8-15,18,21H,3-7,16-17H2,1-2H3,(H,27,30). The molecule has 172 valence electrons. The molecule has 0 radical (unpaired) electrons. The second kappa shape index (κ2) is 11.9. The number of ether oxygens (including phenoxy) is 2. The lowest BCUT2D eigenvalue weighted by Crippen LogP contribution is -2.51. The highest BCUT2D eigenvalue weighted by molar-refractivity contribution is 9.10. The van der Waals surface area contributed by atoms with Gasteiger partial charge in [0, 0.05) is 17.1 Å². The Balaban J connectivity index is 1.69. The monoisotopic (exact) mass is 502 g/mol. The minimum Gasteiger partial charge on any atom is -0.497 e. The normalized spacial score (nSPS) is 15.0. The van der Waals surface area contributed by atoms with Gasteiger partial charge in [-0.2, -0.15) is 0 Å². The summed E-state index contributed by atoms with van der Waals surface area (Å²) >= 11 is 3.39. The number of benzene rings is 2. The van der Waals surface area contributed by atoms with Gasteiger partial charge in [0.25, 0.3) is 5.91 Å². The first-order valence-corrected chi connectivity index (χ1v) is 11.9. The van der Waals surface area contributed by atoms with Gasteiger partial charge >= 0.3 is 0 Å². The fraction of sp³-hybridized carbons (Fsp3) is 0.440. The van der Waals surface area contributed by atoms with Gasteiger partial charge < -0.3 is 19.7 Å². The van der Waals surface area contributed by atoms with Gasteiger partial charge in [-0.05, 0) is 61.7 Å². The molecule has 1 aliphatic carbocycles. The van der Waals surface area contributed by atoms with E-state index in [9.17, 15) is 9.59 Å². The maximum absolute atomic E-state index is 13.1. The average Bonchev–Trinajstić information content (AvgIpc) is 2.82. The van der Waals surface area contributed by atoms with Gasteiger partial charge in [-0.1, -0.05) is 47.3 Å². The number of carbonyl (C=O) groups is 2. The number of rotatable bonds is 9. The van der Waals surface area contributed by atoms with E-state index in [2.05, 4.69) is 21.2 Å². The number of hydrogen-bond acceptors (Lipinski definition) is 4. The smallest absolute Gasteiger partial charge is 0.261 e. The van der Waals surface area contributed by atoms with Crippen LogP contribution in [0.25, 0.3) is 0 Å². The number of nitrogens with zero attached hydrogens (tertiary/aromatic N) is 1. The van der Waals surface area contributed by atoms with Gasteiger partial charge in [0.05, 0.1) is 7.11 Å². The second-order valence-corrected chi connectivity index (χ2v) is 9.05. The summed E-state index contributed by atoms with van der Waals surface area (Å²) in [7, 11) is 1.61. The SMILES string of the molecule is COc1ccc(CN(C(=O)COc2ccc(Br)cc2)C(C)C(=O)NC2CCCCC2)cc1. The molecule has 1 atom stereocenters. The Morgan fingerprint density at radius 3 is 2.28 bits per heavy atom. The molecule has 1 fully saturated rings. The third-order valence-corrected chi connectivity index (χ3v) is 6.34. The van der Waals surface area contributed by atoms with Crippen molar-refractivity contribution in [1.82, 2.24) is 10.2 Å². The maximum atomic E-state index is 13.1. The molecule has 1 aliphatic rings. The number of hydrogen-bond donors (Lipinski definition) is 1. The van der Waals surface area contributed by atoms with Crippen LogP contribution in [-0.4, -0.2) is 42.5 Å². The van der Waals surface area contributed by atoms with Gasteiger partial charge in [-0.15, -0.1) is 0 Å². The first-order chi connectivity index (χ1) is 15.5. The lowest BCUT2D eigenvalue weighted by atomic mass is 9.95. The summed E-state index contributed by atoms with van der Waals surface area (Å²) in [5.41, 5.74) is 0.917. The highest BCUT2D eigenvalue weighted by Gasteiger charge is 2.28. The van der Waals surface area contributed by atoms with Crippen LogP contribution in [0.15, 0.2) is 53.0 Å². The predicted octanol–water partition coefficient (Wildman–Crippen LogP) is 4.70. The summed E-state index contributed by atoms with van der Waals surface area (Å²) in [5.74, 6) is 0.982. The molecular formula is C25H31BrN2O4. The van der Waals surface area contributed by atoms with Crippen molar-refractivity contribution in [1.29, 1.82) is 0 Å². The van der Waals surface area contributed by atoms with Crippen LogP contribution >= 0.6 is 15.9 Å². The topological polar surface area (TPSA) is 67.9 Å². The summed E-state index contributed by atoms with van der Waals surface area (Å²) in [4.78, 5) is 27.7. The van der Waals surface area contributed by atoms with Crippen molar-refractivity contribution in [2.75, 3.05) is 13.7 Å². The summed E-state index contributed by atoms with van der Waals surface area (Å²) in [6.45, 7) is 1.95. The molecule has 2 aromatic rings. The average molecular weight is 503 g/mol. The Kier molecular flexibility index (Phi) is 8.97. The van der Waals surface area contributed by atoms with E-state index in [1.54, 1.807) is 31.1 Å². The molecule has 1 unspecified atom stereocenters. The molecule has 0 aromatic heterocycles. The lowest BCUT2D eigenvalue weighted by Gasteiger charge is -2.31. The third kappa shape index (κ3) is 6.99. The first-order valence-electron chi connectivity index (χ1n) is 11.1. The lowest BCUT2D eigenvalue weighted by molar-refractivity contribution is -0.142. The zero-order valence-electron chi connectivity index (χ0n) is 18.7. The molecule has 32 heavy (non-hydrogen) atoms. The van der Waals surface area contributed by atoms with Gasteiger partial charge in [0.2, 0.25) is 5.91 Å². The van der Waals surface area contributed by atoms with Gasteiger partial charge in [0.15, 0.2) is 6.61 Å². The van der Waals surface area contributed by atoms with E-state index >= 15 is 0 Å². The largest absolute Gasteiger partial charge is 0.497 e. The molecule has 0 aliphatic heterocycles. The molecule has 2 aromatic carbocycles. The molecule has 0 heterocycles. The van der Waals surface area contributed by atoms with Crippen molar-refractivity contribution in [2.45, 2.75) is 57.7 Å². The molecule has 1 saturated carbocycles. The highest BCUT2D eigenvalue weighted by atomic mass is 79.9. The van der Waals surface area contributed by atoms with Crippen LogP contribution in [0.1, 0.15) is 44.6 Å². The van der Waals surface area contributed by atoms with Crippen LogP contribution in [0.5, 0.6) is 11.5 Å². The number of halogens is 1. The van der Waals surface area contributed by atoms with Gasteiger partial charge in [-0.3, -0.25) is 9.59 Å². The van der Waals surface area contributed by atoms with E-state index < -0.39 is 6.04 Å². The Hall–Kier alpha value is -2.54. The summed E-state index contributed by atoms with van der Waals surface area (Å²) in [6, 6.07) is 14.4. The fourth-order valence-corrected chi connectivity index (χ4v) is 4.10. The number of amides is 2. The third-order valence-electron chi connectivity index (χ3n) is 5.81. The van der Waals surface area contributed by atoms with Crippen LogP contribution in [0.2, 0.25) is 0 Å². The Bertz CT molecular complexity index is 880. The van der Waals surface area contributed by atoms with Gasteiger partial charge in [-0.25, -0.2) is 0 Å². The van der Waals surface area contributed by atoms with Crippen LogP contribution in [0.3, 0.4) is 0 Å². The quantitative estimate of drug-likeness (QED) is 0.539. The fourth-order valence-electron chi connectivity index (χ4n) is 3.84. The molecule has 6 nitrogen and oxygen atoms in total. The predicted molar refractivity (Wildman–Crippen MR) is 128 cm³/mol. The first kappa shape index (κ1) is 24.1. The number of carbonyl (C=O) groups excluding carboxylic acids is 2. The summed E-state index contributed by atoms with van der Waals surface area (Å²) < 4.78 is 11.8. The van der Waals surface area contributed by atoms with Crippen LogP contribution in [0, 0.1) is 0 Å². The molecule has 2 amide bonds. The van der Waals surface area contributed by atoms with E-state index in [0.29, 0.717) is 12.3 Å². The zero-order valence-corrected chi connectivity index (χ0v) is 20.3. The summed E-state index contributed by atoms with van der Waals surface area (Å²) in [6.07, 6.45) is 5.48. The Morgan fingerprint density at radius 2 is 1.66 bits per heavy atom. The van der Waals surface area contributed by atoms with E-state index in [1.165, 1.54) is 6.42 Å². The van der Waals surface area contributed by atoms with Crippen LogP contribution < -0.4 is 14.8 Å². The summed E-state index contributed by atoms with van der Waals surface area (Å²) in [5, 5.41) is 3.14. The molecule has 0 bridgehead atoms. The zero-order chi connectivity index (χ0) is 22.9. The molecule has 1 N–H and O–H groups in total. The van der Waals surface area contributed by atoms with Gasteiger partial charge in [0.1, 0.15) is 17.5 Å². The minimum atomic E-state index is -0.611. The van der Waals surface area contributed by atoms with E-state index in [4.69, 9.17) is 9.47 Å². The van der Waals surface area contributed by atoms with Crippen molar-refractivity contribution in [3.8, 4) is 11.5 Å². The van der Waals surface area contributed by atoms with Crippen molar-refractivity contribution in [3.05, 3.63) is 58.6 Å². The van der Waals surface area contributed by atoms with Crippen molar-refractivity contribution in [2.24, 2.45) is 0 Å². The number of methoxy groups -OCH3 is 1. The van der Waals surface area contributed by atoms with Crippen molar-refractivity contribution >= 4 is 27.7 Å². The molecule has 0 saturated heterocycles. The number of nitrogens with one attached hydrogen (secondary N) is 1. The van der Waals surface area contributed by atoms with Crippen molar-refractivity contribution < 1.29 is 19.1 Å². The Morgan fingerprint density at radius 1 is 1.03 bits per heavy atom. The minimum absolute atomic E-state index is 0.123. The van der Waals surface area contributed by atoms with Crippen molar-refractivity contribution in [3.63, 3.8) is 0 Å². The van der Waals surface area contributed by atoms with E-state index in [1.807, 2.05) is 36.4 Å². The molecule has 7 heteroatoms. The van der Waals surface area contributed by atoms with E-state index in [0.717, 1.165) is 41.5 Å². The molecular weight excluding hydrogens is 472 g/mol. The van der Waals surface area contributed by atoms with E-state index in [-0.39, 0.29) is 24.5 Å². The highest BCUT2D eigenvalue weighted by Crippen LogP contribution is 2.20. The molecule has 0 spiro atoms. The second-order valence-electron chi connectivity index (χ2n) is 8.13. The maximum Gasteiger partial charge on any atom is 0.261 e. The Labute approximate surface area is 198 Å². The molecule has 3 rings (SSSR count).